The van der Waals surface area contributed by atoms with Gasteiger partial charge in [0.05, 0.1) is 6.54 Å². The van der Waals surface area contributed by atoms with Gasteiger partial charge in [-0.05, 0) is 31.0 Å². The van der Waals surface area contributed by atoms with Gasteiger partial charge in [0.1, 0.15) is 6.54 Å². The number of aryl methyl sites for hydroxylation is 2. The summed E-state index contributed by atoms with van der Waals surface area (Å²) < 4.78 is 1.55. The maximum absolute atomic E-state index is 12.1. The number of hydrogen-bond acceptors (Lipinski definition) is 4. The van der Waals surface area contributed by atoms with E-state index in [9.17, 15) is 9.59 Å². The molecule has 2 amide bonds. The van der Waals surface area contributed by atoms with Crippen LogP contribution in [-0.2, 0) is 16.1 Å². The number of halogens is 1. The van der Waals surface area contributed by atoms with Crippen molar-refractivity contribution in [1.29, 1.82) is 5.41 Å². The summed E-state index contributed by atoms with van der Waals surface area (Å²) in [6.45, 7) is 3.92. The van der Waals surface area contributed by atoms with Crippen molar-refractivity contribution in [3.05, 3.63) is 45.7 Å². The number of carbonyl (C=O) groups excluding carboxylic acids is 2. The summed E-state index contributed by atoms with van der Waals surface area (Å²) >= 11 is 1.26. The predicted octanol–water partition coefficient (Wildman–Crippen LogP) is 2.16. The van der Waals surface area contributed by atoms with Gasteiger partial charge in [-0.3, -0.25) is 15.0 Å². The summed E-state index contributed by atoms with van der Waals surface area (Å²) in [6.07, 6.45) is 1.69. The van der Waals surface area contributed by atoms with Gasteiger partial charge < -0.3 is 14.8 Å². The SMILES string of the molecule is Cc1ccc(C)c(NC(=O)CN(C)C(=O)Cn2ccsc2=N)c1.Cl. The molecule has 24 heavy (non-hydrogen) atoms. The summed E-state index contributed by atoms with van der Waals surface area (Å²) in [7, 11) is 1.58. The zero-order chi connectivity index (χ0) is 17.0. The first-order valence-electron chi connectivity index (χ1n) is 7.16. The van der Waals surface area contributed by atoms with Crippen LogP contribution in [0.25, 0.3) is 0 Å². The third-order valence-corrected chi connectivity index (χ3v) is 4.18. The Morgan fingerprint density at radius 1 is 1.33 bits per heavy atom. The number of rotatable bonds is 5. The number of amides is 2. The molecule has 0 bridgehead atoms. The highest BCUT2D eigenvalue weighted by Gasteiger charge is 2.14. The molecule has 0 unspecified atom stereocenters. The third kappa shape index (κ3) is 5.21. The first-order valence-corrected chi connectivity index (χ1v) is 8.04. The monoisotopic (exact) mass is 368 g/mol. The van der Waals surface area contributed by atoms with Gasteiger partial charge in [-0.25, -0.2) is 0 Å². The fraction of sp³-hybridized carbons (Fsp3) is 0.312. The Hall–Kier alpha value is -2.12. The zero-order valence-corrected chi connectivity index (χ0v) is 15.5. The molecule has 130 valence electrons. The van der Waals surface area contributed by atoms with Crippen LogP contribution in [0.3, 0.4) is 0 Å². The number of hydrogen-bond donors (Lipinski definition) is 2. The van der Waals surface area contributed by atoms with Crippen molar-refractivity contribution in [2.45, 2.75) is 20.4 Å². The van der Waals surface area contributed by atoms with Crippen LogP contribution in [0.15, 0.2) is 29.8 Å². The quantitative estimate of drug-likeness (QED) is 0.848. The van der Waals surface area contributed by atoms with Gasteiger partial charge in [0.25, 0.3) is 0 Å². The highest BCUT2D eigenvalue weighted by atomic mass is 35.5. The fourth-order valence-electron chi connectivity index (χ4n) is 2.06. The molecular formula is C16H21ClN4O2S. The molecule has 6 nitrogen and oxygen atoms in total. The van der Waals surface area contributed by atoms with E-state index in [2.05, 4.69) is 5.32 Å². The lowest BCUT2D eigenvalue weighted by atomic mass is 10.1. The predicted molar refractivity (Wildman–Crippen MR) is 97.6 cm³/mol. The van der Waals surface area contributed by atoms with Crippen LogP contribution in [-0.4, -0.2) is 34.9 Å². The normalized spacial score (nSPS) is 9.96. The van der Waals surface area contributed by atoms with Gasteiger partial charge in [0, 0.05) is 24.3 Å². The number of nitrogens with zero attached hydrogens (tertiary/aromatic N) is 2. The first kappa shape index (κ1) is 19.9. The van der Waals surface area contributed by atoms with E-state index in [1.54, 1.807) is 23.2 Å². The molecular weight excluding hydrogens is 348 g/mol. The van der Waals surface area contributed by atoms with Crippen molar-refractivity contribution >= 4 is 41.2 Å². The van der Waals surface area contributed by atoms with E-state index < -0.39 is 0 Å². The molecule has 0 spiro atoms. The van der Waals surface area contributed by atoms with Gasteiger partial charge in [0.2, 0.25) is 11.8 Å². The molecule has 0 saturated heterocycles. The van der Waals surface area contributed by atoms with Crippen molar-refractivity contribution in [3.63, 3.8) is 0 Å². The Morgan fingerprint density at radius 3 is 2.67 bits per heavy atom. The summed E-state index contributed by atoms with van der Waals surface area (Å²) in [5.41, 5.74) is 2.80. The van der Waals surface area contributed by atoms with Crippen molar-refractivity contribution in [2.24, 2.45) is 0 Å². The summed E-state index contributed by atoms with van der Waals surface area (Å²) in [5, 5.41) is 12.2. The van der Waals surface area contributed by atoms with E-state index in [0.717, 1.165) is 16.8 Å². The van der Waals surface area contributed by atoms with Crippen molar-refractivity contribution in [2.75, 3.05) is 18.9 Å². The molecule has 8 heteroatoms. The van der Waals surface area contributed by atoms with Crippen LogP contribution in [0, 0.1) is 19.3 Å². The maximum Gasteiger partial charge on any atom is 0.243 e. The second kappa shape index (κ2) is 8.65. The van der Waals surface area contributed by atoms with Gasteiger partial charge >= 0.3 is 0 Å². The summed E-state index contributed by atoms with van der Waals surface area (Å²) in [5.74, 6) is -0.450. The van der Waals surface area contributed by atoms with Gasteiger partial charge in [0.15, 0.2) is 4.80 Å². The van der Waals surface area contributed by atoms with Gasteiger partial charge in [-0.2, -0.15) is 0 Å². The van der Waals surface area contributed by atoms with E-state index in [4.69, 9.17) is 5.41 Å². The molecule has 0 aliphatic carbocycles. The Kier molecular flexibility index (Phi) is 7.18. The number of benzene rings is 1. The Bertz CT molecular complexity index is 784. The van der Waals surface area contributed by atoms with Crippen LogP contribution in [0.1, 0.15) is 11.1 Å². The van der Waals surface area contributed by atoms with Crippen molar-refractivity contribution < 1.29 is 9.59 Å². The largest absolute Gasteiger partial charge is 0.335 e. The molecule has 0 radical (unpaired) electrons. The number of anilines is 1. The number of thiazole rings is 1. The number of likely N-dealkylation sites (N-methyl/N-ethyl adjacent to an activating group) is 1. The van der Waals surface area contributed by atoms with Crippen LogP contribution >= 0.6 is 23.7 Å². The van der Waals surface area contributed by atoms with E-state index in [0.29, 0.717) is 4.80 Å². The summed E-state index contributed by atoms with van der Waals surface area (Å²) in [4.78, 5) is 25.9. The average Bonchev–Trinajstić information content (AvgIpc) is 2.88. The maximum atomic E-state index is 12.1. The Labute approximate surface area is 151 Å². The molecule has 0 atom stereocenters. The van der Waals surface area contributed by atoms with E-state index in [-0.39, 0.29) is 37.3 Å². The van der Waals surface area contributed by atoms with E-state index >= 15 is 0 Å². The number of nitrogens with one attached hydrogen (secondary N) is 2. The minimum atomic E-state index is -0.240. The second-order valence-corrected chi connectivity index (χ2v) is 6.35. The standard InChI is InChI=1S/C16H20N4O2S.ClH/c1-11-4-5-12(2)13(8-11)18-14(21)9-19(3)15(22)10-20-6-7-23-16(20)17;/h4-8,17H,9-10H2,1-3H3,(H,18,21);1H. The number of carbonyl (C=O) groups is 2. The topological polar surface area (TPSA) is 78.2 Å². The smallest absolute Gasteiger partial charge is 0.243 e. The molecule has 1 aromatic heterocycles. The second-order valence-electron chi connectivity index (χ2n) is 5.45. The first-order chi connectivity index (χ1) is 10.9. The lowest BCUT2D eigenvalue weighted by Gasteiger charge is -2.17. The molecule has 0 aliphatic rings. The van der Waals surface area contributed by atoms with Crippen LogP contribution in [0.2, 0.25) is 0 Å². The highest BCUT2D eigenvalue weighted by molar-refractivity contribution is 7.06. The molecule has 0 fully saturated rings. The third-order valence-electron chi connectivity index (χ3n) is 3.46. The minimum absolute atomic E-state index is 0. The van der Waals surface area contributed by atoms with Crippen LogP contribution in [0.4, 0.5) is 5.69 Å². The van der Waals surface area contributed by atoms with Crippen molar-refractivity contribution in [3.8, 4) is 0 Å². The lowest BCUT2D eigenvalue weighted by molar-refractivity contribution is -0.133. The van der Waals surface area contributed by atoms with Crippen molar-refractivity contribution in [1.82, 2.24) is 9.47 Å². The van der Waals surface area contributed by atoms with E-state index in [1.807, 2.05) is 32.0 Å². The minimum Gasteiger partial charge on any atom is -0.335 e. The fourth-order valence-corrected chi connectivity index (χ4v) is 2.66. The molecule has 1 aromatic carbocycles. The zero-order valence-electron chi connectivity index (χ0n) is 13.8. The van der Waals surface area contributed by atoms with Crippen LogP contribution < -0.4 is 10.1 Å². The van der Waals surface area contributed by atoms with Gasteiger partial charge in [-0.15, -0.1) is 23.7 Å². The van der Waals surface area contributed by atoms with Crippen LogP contribution in [0.5, 0.6) is 0 Å². The number of aromatic nitrogens is 1. The highest BCUT2D eigenvalue weighted by Crippen LogP contribution is 2.16. The average molecular weight is 369 g/mol. The Balaban J connectivity index is 0.00000288. The molecule has 2 aromatic rings. The Morgan fingerprint density at radius 2 is 2.04 bits per heavy atom. The molecule has 0 saturated carbocycles. The van der Waals surface area contributed by atoms with E-state index in [1.165, 1.54) is 16.2 Å². The van der Waals surface area contributed by atoms with Gasteiger partial charge in [-0.1, -0.05) is 12.1 Å². The summed E-state index contributed by atoms with van der Waals surface area (Å²) in [6, 6.07) is 5.84. The molecule has 1 heterocycles. The molecule has 2 rings (SSSR count). The lowest BCUT2D eigenvalue weighted by Crippen LogP contribution is -2.38. The molecule has 2 N–H and O–H groups in total. The molecule has 0 aliphatic heterocycles.